The summed E-state index contributed by atoms with van der Waals surface area (Å²) in [5.41, 5.74) is 3.02. The summed E-state index contributed by atoms with van der Waals surface area (Å²) >= 11 is 0. The van der Waals surface area contributed by atoms with E-state index in [9.17, 15) is 0 Å². The van der Waals surface area contributed by atoms with Crippen molar-refractivity contribution in [3.8, 4) is 11.5 Å². The van der Waals surface area contributed by atoms with Gasteiger partial charge >= 0.3 is 0 Å². The number of benzene rings is 1. The summed E-state index contributed by atoms with van der Waals surface area (Å²) in [6, 6.07) is 8.12. The zero-order valence-corrected chi connectivity index (χ0v) is 20.0. The van der Waals surface area contributed by atoms with E-state index < -0.39 is 0 Å². The number of nitrogens with zero attached hydrogens (tertiary/aromatic N) is 2. The summed E-state index contributed by atoms with van der Waals surface area (Å²) in [6.07, 6.45) is 1.75. The fraction of sp³-hybridized carbons (Fsp3) is 0.524. The number of aliphatic imine (C=N–C) groups is 1. The fourth-order valence-corrected chi connectivity index (χ4v) is 2.64. The van der Waals surface area contributed by atoms with Gasteiger partial charge in [-0.2, -0.15) is 0 Å². The lowest BCUT2D eigenvalue weighted by Crippen LogP contribution is -2.45. The molecule has 2 aromatic rings. The summed E-state index contributed by atoms with van der Waals surface area (Å²) in [5.74, 6) is 1.36. The lowest BCUT2D eigenvalue weighted by atomic mass is 9.89. The number of oxazole rings is 1. The van der Waals surface area contributed by atoms with E-state index in [0.717, 1.165) is 23.8 Å². The molecular formula is C21H33IN4O2. The first-order chi connectivity index (χ1) is 12.8. The Hall–Kier alpha value is -1.61. The molecule has 0 saturated carbocycles. The first-order valence-corrected chi connectivity index (χ1v) is 9.40. The van der Waals surface area contributed by atoms with E-state index >= 15 is 0 Å². The SMILES string of the molecule is CCNC(=NCc1coc(-c2ccc(C)cc2)n1)NCC(OC)C(C)(C)C.I. The molecule has 2 N–H and O–H groups in total. The minimum Gasteiger partial charge on any atom is -0.444 e. The van der Waals surface area contributed by atoms with Crippen LogP contribution >= 0.6 is 24.0 Å². The van der Waals surface area contributed by atoms with Crippen molar-refractivity contribution >= 4 is 29.9 Å². The highest BCUT2D eigenvalue weighted by atomic mass is 127. The fourth-order valence-electron chi connectivity index (χ4n) is 2.64. The number of hydrogen-bond donors (Lipinski definition) is 2. The van der Waals surface area contributed by atoms with Gasteiger partial charge in [-0.05, 0) is 31.4 Å². The van der Waals surface area contributed by atoms with Gasteiger partial charge in [0.15, 0.2) is 5.96 Å². The molecule has 0 spiro atoms. The van der Waals surface area contributed by atoms with Crippen LogP contribution in [0, 0.1) is 12.3 Å². The van der Waals surface area contributed by atoms with Crippen LogP contribution in [0.2, 0.25) is 0 Å². The zero-order chi connectivity index (χ0) is 19.9. The first kappa shape index (κ1) is 24.4. The van der Waals surface area contributed by atoms with Crippen LogP contribution < -0.4 is 10.6 Å². The second-order valence-corrected chi connectivity index (χ2v) is 7.68. The predicted octanol–water partition coefficient (Wildman–Crippen LogP) is 4.38. The van der Waals surface area contributed by atoms with Crippen LogP contribution in [0.5, 0.6) is 0 Å². The highest BCUT2D eigenvalue weighted by molar-refractivity contribution is 14.0. The predicted molar refractivity (Wildman–Crippen MR) is 125 cm³/mol. The van der Waals surface area contributed by atoms with E-state index in [2.05, 4.69) is 48.3 Å². The molecule has 2 rings (SSSR count). The normalized spacial score (nSPS) is 13.0. The molecule has 6 nitrogen and oxygen atoms in total. The molecular weight excluding hydrogens is 467 g/mol. The quantitative estimate of drug-likeness (QED) is 0.336. The Morgan fingerprint density at radius 1 is 1.21 bits per heavy atom. The molecule has 0 fully saturated rings. The largest absolute Gasteiger partial charge is 0.444 e. The summed E-state index contributed by atoms with van der Waals surface area (Å²) < 4.78 is 11.2. The summed E-state index contributed by atoms with van der Waals surface area (Å²) in [5, 5.41) is 6.60. The molecule has 1 atom stereocenters. The Kier molecular flexibility index (Phi) is 9.95. The van der Waals surface area contributed by atoms with Gasteiger partial charge in [-0.1, -0.05) is 38.5 Å². The second kappa shape index (κ2) is 11.4. The van der Waals surface area contributed by atoms with E-state index in [4.69, 9.17) is 9.15 Å². The summed E-state index contributed by atoms with van der Waals surface area (Å²) in [6.45, 7) is 12.5. The molecule has 0 radical (unpaired) electrons. The van der Waals surface area contributed by atoms with Crippen molar-refractivity contribution in [2.24, 2.45) is 10.4 Å². The molecule has 1 aromatic carbocycles. The van der Waals surface area contributed by atoms with Crippen LogP contribution in [0.15, 0.2) is 39.9 Å². The van der Waals surface area contributed by atoms with Crippen LogP contribution in [0.4, 0.5) is 0 Å². The molecule has 0 aliphatic rings. The Morgan fingerprint density at radius 3 is 2.46 bits per heavy atom. The first-order valence-electron chi connectivity index (χ1n) is 9.40. The summed E-state index contributed by atoms with van der Waals surface area (Å²) in [4.78, 5) is 9.15. The highest BCUT2D eigenvalue weighted by Gasteiger charge is 2.24. The molecule has 156 valence electrons. The van der Waals surface area contributed by atoms with Crippen molar-refractivity contribution in [2.45, 2.75) is 47.3 Å². The molecule has 1 heterocycles. The van der Waals surface area contributed by atoms with Gasteiger partial charge in [0.05, 0.1) is 12.6 Å². The number of methoxy groups -OCH3 is 1. The van der Waals surface area contributed by atoms with Gasteiger partial charge in [-0.25, -0.2) is 9.98 Å². The number of nitrogens with one attached hydrogen (secondary N) is 2. The maximum absolute atomic E-state index is 5.60. The Bertz CT molecular complexity index is 736. The molecule has 28 heavy (non-hydrogen) atoms. The van der Waals surface area contributed by atoms with Crippen molar-refractivity contribution in [3.05, 3.63) is 41.8 Å². The molecule has 0 aliphatic carbocycles. The third-order valence-electron chi connectivity index (χ3n) is 4.30. The van der Waals surface area contributed by atoms with Gasteiger partial charge in [0, 0.05) is 25.8 Å². The van der Waals surface area contributed by atoms with Gasteiger partial charge < -0.3 is 19.8 Å². The molecule has 0 aliphatic heterocycles. The van der Waals surface area contributed by atoms with Crippen LogP contribution in [-0.2, 0) is 11.3 Å². The van der Waals surface area contributed by atoms with Gasteiger partial charge in [0.1, 0.15) is 12.0 Å². The molecule has 0 amide bonds. The number of aryl methyl sites for hydroxylation is 1. The smallest absolute Gasteiger partial charge is 0.226 e. The number of halogens is 1. The number of guanidine groups is 1. The minimum absolute atomic E-state index is 0. The van der Waals surface area contributed by atoms with E-state index in [1.165, 1.54) is 5.56 Å². The molecule has 0 bridgehead atoms. The van der Waals surface area contributed by atoms with E-state index in [-0.39, 0.29) is 35.5 Å². The number of aromatic nitrogens is 1. The van der Waals surface area contributed by atoms with Crippen molar-refractivity contribution in [2.75, 3.05) is 20.2 Å². The van der Waals surface area contributed by atoms with E-state index in [0.29, 0.717) is 19.0 Å². The minimum atomic E-state index is 0. The van der Waals surface area contributed by atoms with E-state index in [1.54, 1.807) is 13.4 Å². The van der Waals surface area contributed by atoms with Crippen molar-refractivity contribution in [3.63, 3.8) is 0 Å². The van der Waals surface area contributed by atoms with Crippen LogP contribution in [0.3, 0.4) is 0 Å². The van der Waals surface area contributed by atoms with Crippen molar-refractivity contribution in [1.82, 2.24) is 15.6 Å². The van der Waals surface area contributed by atoms with Crippen LogP contribution in [-0.4, -0.2) is 37.2 Å². The third kappa shape index (κ3) is 7.43. The van der Waals surface area contributed by atoms with Gasteiger partial charge in [0.2, 0.25) is 5.89 Å². The lowest BCUT2D eigenvalue weighted by Gasteiger charge is -2.30. The number of ether oxygens (including phenoxy) is 1. The average Bonchev–Trinajstić information content (AvgIpc) is 3.08. The Labute approximate surface area is 185 Å². The lowest BCUT2D eigenvalue weighted by molar-refractivity contribution is 0.0205. The maximum atomic E-state index is 5.60. The second-order valence-electron chi connectivity index (χ2n) is 7.68. The van der Waals surface area contributed by atoms with E-state index in [1.807, 2.05) is 31.2 Å². The summed E-state index contributed by atoms with van der Waals surface area (Å²) in [7, 11) is 1.74. The number of rotatable bonds is 7. The molecule has 0 saturated heterocycles. The van der Waals surface area contributed by atoms with Gasteiger partial charge in [-0.3, -0.25) is 0 Å². The van der Waals surface area contributed by atoms with Crippen LogP contribution in [0.1, 0.15) is 39.0 Å². The third-order valence-corrected chi connectivity index (χ3v) is 4.30. The molecule has 1 unspecified atom stereocenters. The Morgan fingerprint density at radius 2 is 1.89 bits per heavy atom. The monoisotopic (exact) mass is 500 g/mol. The van der Waals surface area contributed by atoms with Crippen LogP contribution in [0.25, 0.3) is 11.5 Å². The Balaban J connectivity index is 0.00000392. The van der Waals surface area contributed by atoms with Crippen molar-refractivity contribution in [1.29, 1.82) is 0 Å². The standard InChI is InChI=1S/C21H32N4O2.HI/c1-7-22-20(24-13-18(26-6)21(3,4)5)23-12-17-14-27-19(25-17)16-10-8-15(2)9-11-16;/h8-11,14,18H,7,12-13H2,1-6H3,(H2,22,23,24);1H. The molecule has 1 aromatic heterocycles. The number of hydrogen-bond acceptors (Lipinski definition) is 4. The maximum Gasteiger partial charge on any atom is 0.226 e. The average molecular weight is 500 g/mol. The topological polar surface area (TPSA) is 71.7 Å². The molecule has 7 heteroatoms. The highest BCUT2D eigenvalue weighted by Crippen LogP contribution is 2.21. The van der Waals surface area contributed by atoms with Gasteiger partial charge in [0.25, 0.3) is 0 Å². The van der Waals surface area contributed by atoms with Gasteiger partial charge in [-0.15, -0.1) is 24.0 Å². The van der Waals surface area contributed by atoms with Crippen molar-refractivity contribution < 1.29 is 9.15 Å². The zero-order valence-electron chi connectivity index (χ0n) is 17.7.